The van der Waals surface area contributed by atoms with E-state index >= 15 is 0 Å². The topological polar surface area (TPSA) is 58.6 Å². The minimum absolute atomic E-state index is 0.180. The van der Waals surface area contributed by atoms with Gasteiger partial charge in [-0.25, -0.2) is 0 Å². The second kappa shape index (κ2) is 5.51. The molecular formula is C12H17NO3. The van der Waals surface area contributed by atoms with E-state index < -0.39 is 6.10 Å². The van der Waals surface area contributed by atoms with Crippen molar-refractivity contribution in [3.05, 3.63) is 29.3 Å². The summed E-state index contributed by atoms with van der Waals surface area (Å²) in [4.78, 5) is 11.7. The fraction of sp³-hybridized carbons (Fsp3) is 0.417. The molecule has 1 unspecified atom stereocenters. The van der Waals surface area contributed by atoms with Gasteiger partial charge in [0, 0.05) is 12.1 Å². The summed E-state index contributed by atoms with van der Waals surface area (Å²) in [7, 11) is 1.59. The van der Waals surface area contributed by atoms with E-state index in [0.29, 0.717) is 5.56 Å². The number of methoxy groups -OCH3 is 1. The summed E-state index contributed by atoms with van der Waals surface area (Å²) in [5.74, 6) is 0.547. The summed E-state index contributed by atoms with van der Waals surface area (Å²) >= 11 is 0. The van der Waals surface area contributed by atoms with Crippen molar-refractivity contribution in [3.8, 4) is 5.75 Å². The van der Waals surface area contributed by atoms with E-state index in [1.54, 1.807) is 32.2 Å². The number of ether oxygens (including phenoxy) is 1. The third kappa shape index (κ3) is 3.24. The molecule has 4 heteroatoms. The van der Waals surface area contributed by atoms with Crippen LogP contribution in [0.5, 0.6) is 5.75 Å². The third-order valence-corrected chi connectivity index (χ3v) is 2.24. The molecule has 1 aromatic rings. The summed E-state index contributed by atoms with van der Waals surface area (Å²) in [6, 6.07) is 5.26. The van der Waals surface area contributed by atoms with Crippen LogP contribution in [0.2, 0.25) is 0 Å². The van der Waals surface area contributed by atoms with Gasteiger partial charge in [-0.2, -0.15) is 0 Å². The molecule has 0 aliphatic heterocycles. The van der Waals surface area contributed by atoms with E-state index in [-0.39, 0.29) is 12.5 Å². The van der Waals surface area contributed by atoms with Crippen molar-refractivity contribution >= 4 is 5.91 Å². The average molecular weight is 223 g/mol. The SMILES string of the molecule is COc1ccc(C(=O)NCC(C)O)c(C)c1. The van der Waals surface area contributed by atoms with E-state index in [2.05, 4.69) is 5.32 Å². The highest BCUT2D eigenvalue weighted by atomic mass is 16.5. The molecule has 0 saturated carbocycles. The Hall–Kier alpha value is -1.55. The zero-order chi connectivity index (χ0) is 12.1. The molecule has 0 fully saturated rings. The fourth-order valence-corrected chi connectivity index (χ4v) is 1.35. The van der Waals surface area contributed by atoms with Crippen LogP contribution in [-0.4, -0.2) is 30.8 Å². The monoisotopic (exact) mass is 223 g/mol. The zero-order valence-electron chi connectivity index (χ0n) is 9.78. The van der Waals surface area contributed by atoms with Crippen molar-refractivity contribution in [2.45, 2.75) is 20.0 Å². The van der Waals surface area contributed by atoms with Crippen LogP contribution in [0.25, 0.3) is 0 Å². The molecule has 0 aromatic heterocycles. The Bertz CT molecular complexity index is 375. The highest BCUT2D eigenvalue weighted by Crippen LogP contribution is 2.16. The molecule has 0 saturated heterocycles. The summed E-state index contributed by atoms with van der Waals surface area (Å²) in [6.45, 7) is 3.73. The molecule has 1 aromatic carbocycles. The van der Waals surface area contributed by atoms with Crippen LogP contribution in [0.4, 0.5) is 0 Å². The van der Waals surface area contributed by atoms with Gasteiger partial charge in [-0.15, -0.1) is 0 Å². The Kier molecular flexibility index (Phi) is 4.31. The molecule has 0 heterocycles. The number of carbonyl (C=O) groups is 1. The maximum Gasteiger partial charge on any atom is 0.251 e. The molecule has 0 aliphatic carbocycles. The van der Waals surface area contributed by atoms with Gasteiger partial charge in [0.15, 0.2) is 0 Å². The summed E-state index contributed by atoms with van der Waals surface area (Å²) in [5, 5.41) is 11.7. The Morgan fingerprint density at radius 2 is 2.25 bits per heavy atom. The molecule has 0 aliphatic rings. The number of aryl methyl sites for hydroxylation is 1. The standard InChI is InChI=1S/C12H17NO3/c1-8-6-10(16-3)4-5-11(8)12(15)13-7-9(2)14/h4-6,9,14H,7H2,1-3H3,(H,13,15). The lowest BCUT2D eigenvalue weighted by atomic mass is 10.1. The van der Waals surface area contributed by atoms with Gasteiger partial charge >= 0.3 is 0 Å². The first-order valence-corrected chi connectivity index (χ1v) is 5.15. The first-order chi connectivity index (χ1) is 7.54. The van der Waals surface area contributed by atoms with Gasteiger partial charge in [0.25, 0.3) is 5.91 Å². The summed E-state index contributed by atoms with van der Waals surface area (Å²) in [6.07, 6.45) is -0.539. The fourth-order valence-electron chi connectivity index (χ4n) is 1.35. The zero-order valence-corrected chi connectivity index (χ0v) is 9.78. The normalized spacial score (nSPS) is 12.0. The van der Waals surface area contributed by atoms with E-state index in [1.807, 2.05) is 6.92 Å². The predicted molar refractivity (Wildman–Crippen MR) is 61.7 cm³/mol. The van der Waals surface area contributed by atoms with Gasteiger partial charge in [-0.1, -0.05) is 0 Å². The third-order valence-electron chi connectivity index (χ3n) is 2.24. The Morgan fingerprint density at radius 1 is 1.56 bits per heavy atom. The van der Waals surface area contributed by atoms with Crippen LogP contribution in [0.1, 0.15) is 22.8 Å². The minimum atomic E-state index is -0.539. The first-order valence-electron chi connectivity index (χ1n) is 5.15. The average Bonchev–Trinajstić information content (AvgIpc) is 2.25. The lowest BCUT2D eigenvalue weighted by Crippen LogP contribution is -2.30. The largest absolute Gasteiger partial charge is 0.497 e. The molecule has 2 N–H and O–H groups in total. The number of amides is 1. The highest BCUT2D eigenvalue weighted by molar-refractivity contribution is 5.95. The number of benzene rings is 1. The van der Waals surface area contributed by atoms with Gasteiger partial charge in [-0.3, -0.25) is 4.79 Å². The van der Waals surface area contributed by atoms with Crippen LogP contribution >= 0.6 is 0 Å². The van der Waals surface area contributed by atoms with E-state index in [1.165, 1.54) is 0 Å². The number of aliphatic hydroxyl groups is 1. The van der Waals surface area contributed by atoms with Gasteiger partial charge in [0.05, 0.1) is 13.2 Å². The summed E-state index contributed by atoms with van der Waals surface area (Å²) < 4.78 is 5.06. The predicted octanol–water partition coefficient (Wildman–Crippen LogP) is 1.11. The number of aliphatic hydroxyl groups excluding tert-OH is 1. The Morgan fingerprint density at radius 3 is 2.75 bits per heavy atom. The molecule has 4 nitrogen and oxygen atoms in total. The van der Waals surface area contributed by atoms with Crippen LogP contribution < -0.4 is 10.1 Å². The Balaban J connectivity index is 2.76. The van der Waals surface area contributed by atoms with E-state index in [9.17, 15) is 4.79 Å². The molecule has 0 radical (unpaired) electrons. The quantitative estimate of drug-likeness (QED) is 0.804. The molecule has 16 heavy (non-hydrogen) atoms. The Labute approximate surface area is 95.2 Å². The van der Waals surface area contributed by atoms with Crippen molar-refractivity contribution in [1.29, 1.82) is 0 Å². The van der Waals surface area contributed by atoms with Gasteiger partial charge in [-0.05, 0) is 37.6 Å². The van der Waals surface area contributed by atoms with Gasteiger partial charge in [0.2, 0.25) is 0 Å². The highest BCUT2D eigenvalue weighted by Gasteiger charge is 2.09. The molecular weight excluding hydrogens is 206 g/mol. The number of nitrogens with one attached hydrogen (secondary N) is 1. The minimum Gasteiger partial charge on any atom is -0.497 e. The summed E-state index contributed by atoms with van der Waals surface area (Å²) in [5.41, 5.74) is 1.45. The molecule has 1 rings (SSSR count). The van der Waals surface area contributed by atoms with Crippen molar-refractivity contribution < 1.29 is 14.6 Å². The molecule has 88 valence electrons. The van der Waals surface area contributed by atoms with Crippen molar-refractivity contribution in [2.24, 2.45) is 0 Å². The molecule has 0 bridgehead atoms. The van der Waals surface area contributed by atoms with Gasteiger partial charge in [0.1, 0.15) is 5.75 Å². The smallest absolute Gasteiger partial charge is 0.251 e. The number of hydrogen-bond donors (Lipinski definition) is 2. The lowest BCUT2D eigenvalue weighted by molar-refractivity contribution is 0.0923. The van der Waals surface area contributed by atoms with Crippen molar-refractivity contribution in [3.63, 3.8) is 0 Å². The van der Waals surface area contributed by atoms with E-state index in [0.717, 1.165) is 11.3 Å². The van der Waals surface area contributed by atoms with Gasteiger partial charge < -0.3 is 15.2 Å². The molecule has 0 spiro atoms. The number of rotatable bonds is 4. The second-order valence-corrected chi connectivity index (χ2v) is 3.74. The van der Waals surface area contributed by atoms with Crippen LogP contribution in [0.3, 0.4) is 0 Å². The second-order valence-electron chi connectivity index (χ2n) is 3.74. The molecule has 1 atom stereocenters. The van der Waals surface area contributed by atoms with Crippen LogP contribution in [0, 0.1) is 6.92 Å². The van der Waals surface area contributed by atoms with Crippen molar-refractivity contribution in [1.82, 2.24) is 5.32 Å². The van der Waals surface area contributed by atoms with Crippen molar-refractivity contribution in [2.75, 3.05) is 13.7 Å². The van der Waals surface area contributed by atoms with Crippen LogP contribution in [-0.2, 0) is 0 Å². The van der Waals surface area contributed by atoms with Crippen LogP contribution in [0.15, 0.2) is 18.2 Å². The molecule has 1 amide bonds. The number of carbonyl (C=O) groups excluding carboxylic acids is 1. The maximum absolute atomic E-state index is 11.7. The van der Waals surface area contributed by atoms with E-state index in [4.69, 9.17) is 9.84 Å². The number of hydrogen-bond acceptors (Lipinski definition) is 3. The maximum atomic E-state index is 11.7. The lowest BCUT2D eigenvalue weighted by Gasteiger charge is -2.10. The first kappa shape index (κ1) is 12.5.